The van der Waals surface area contributed by atoms with Crippen LogP contribution >= 0.6 is 0 Å². The van der Waals surface area contributed by atoms with Crippen molar-refractivity contribution in [3.8, 4) is 0 Å². The molecule has 1 saturated carbocycles. The van der Waals surface area contributed by atoms with Crippen molar-refractivity contribution in [2.24, 2.45) is 0 Å². The Morgan fingerprint density at radius 2 is 1.90 bits per heavy atom. The van der Waals surface area contributed by atoms with Gasteiger partial charge in [-0.15, -0.1) is 0 Å². The number of pyridine rings is 1. The van der Waals surface area contributed by atoms with Crippen LogP contribution in [0, 0.1) is 0 Å². The fraction of sp³-hybridized carbons (Fsp3) is 0.706. The van der Waals surface area contributed by atoms with Crippen LogP contribution in [0.1, 0.15) is 44.1 Å². The summed E-state index contributed by atoms with van der Waals surface area (Å²) < 4.78 is 0. The average Bonchev–Trinajstić information content (AvgIpc) is 3.07. The predicted molar refractivity (Wildman–Crippen MR) is 87.6 cm³/mol. The van der Waals surface area contributed by atoms with Gasteiger partial charge in [-0.1, -0.05) is 12.8 Å². The molecule has 4 nitrogen and oxygen atoms in total. The zero-order chi connectivity index (χ0) is 14.5. The van der Waals surface area contributed by atoms with Crippen molar-refractivity contribution < 1.29 is 0 Å². The van der Waals surface area contributed by atoms with Gasteiger partial charge >= 0.3 is 0 Å². The van der Waals surface area contributed by atoms with Crippen molar-refractivity contribution in [1.82, 2.24) is 15.6 Å². The lowest BCUT2D eigenvalue weighted by Crippen LogP contribution is -2.41. The molecule has 2 heterocycles. The van der Waals surface area contributed by atoms with Crippen molar-refractivity contribution in [1.29, 1.82) is 0 Å². The van der Waals surface area contributed by atoms with Crippen LogP contribution in [0.3, 0.4) is 0 Å². The molecule has 2 fully saturated rings. The molecule has 4 heteroatoms. The number of rotatable bonds is 5. The molecule has 3 rings (SSSR count). The fourth-order valence-electron chi connectivity index (χ4n) is 3.53. The van der Waals surface area contributed by atoms with Gasteiger partial charge < -0.3 is 15.5 Å². The van der Waals surface area contributed by atoms with Crippen LogP contribution in [-0.4, -0.2) is 37.2 Å². The predicted octanol–water partition coefficient (Wildman–Crippen LogP) is 2.30. The lowest BCUT2D eigenvalue weighted by molar-refractivity contribution is 0.440. The molecular formula is C17H28N4. The molecule has 21 heavy (non-hydrogen) atoms. The first kappa shape index (κ1) is 14.8. The molecule has 116 valence electrons. The molecule has 0 atom stereocenters. The Kier molecular flexibility index (Phi) is 5.09. The van der Waals surface area contributed by atoms with Crippen molar-refractivity contribution >= 4 is 5.82 Å². The van der Waals surface area contributed by atoms with E-state index in [1.807, 2.05) is 6.20 Å². The van der Waals surface area contributed by atoms with E-state index in [0.29, 0.717) is 6.04 Å². The SMILES string of the molecule is CNC1CCN(c2cc(CNC3CCCC3)ccn2)CC1. The summed E-state index contributed by atoms with van der Waals surface area (Å²) in [6.45, 7) is 3.20. The highest BCUT2D eigenvalue weighted by Crippen LogP contribution is 2.20. The number of hydrogen-bond donors (Lipinski definition) is 2. The lowest BCUT2D eigenvalue weighted by Gasteiger charge is -2.32. The average molecular weight is 288 g/mol. The Hall–Kier alpha value is -1.13. The van der Waals surface area contributed by atoms with E-state index < -0.39 is 0 Å². The van der Waals surface area contributed by atoms with E-state index in [1.165, 1.54) is 44.1 Å². The summed E-state index contributed by atoms with van der Waals surface area (Å²) in [5.74, 6) is 1.15. The first-order valence-electron chi connectivity index (χ1n) is 8.45. The maximum atomic E-state index is 4.57. The zero-order valence-corrected chi connectivity index (χ0v) is 13.1. The number of nitrogens with one attached hydrogen (secondary N) is 2. The molecule has 1 aromatic heterocycles. The van der Waals surface area contributed by atoms with Gasteiger partial charge in [0.25, 0.3) is 0 Å². The Labute approximate surface area is 128 Å². The molecule has 0 unspecified atom stereocenters. The second kappa shape index (κ2) is 7.23. The van der Waals surface area contributed by atoms with Crippen LogP contribution < -0.4 is 15.5 Å². The smallest absolute Gasteiger partial charge is 0.128 e. The van der Waals surface area contributed by atoms with E-state index in [4.69, 9.17) is 0 Å². The minimum absolute atomic E-state index is 0.675. The van der Waals surface area contributed by atoms with Crippen molar-refractivity contribution in [3.63, 3.8) is 0 Å². The summed E-state index contributed by atoms with van der Waals surface area (Å²) >= 11 is 0. The Morgan fingerprint density at radius 3 is 2.62 bits per heavy atom. The second-order valence-electron chi connectivity index (χ2n) is 6.43. The highest BCUT2D eigenvalue weighted by atomic mass is 15.2. The van der Waals surface area contributed by atoms with Crippen LogP contribution in [-0.2, 0) is 6.54 Å². The molecule has 0 radical (unpaired) electrons. The summed E-state index contributed by atoms with van der Waals surface area (Å²) in [5.41, 5.74) is 1.36. The van der Waals surface area contributed by atoms with Gasteiger partial charge in [-0.05, 0) is 50.4 Å². The molecule has 2 aliphatic rings. The van der Waals surface area contributed by atoms with Crippen LogP contribution in [0.2, 0.25) is 0 Å². The number of hydrogen-bond acceptors (Lipinski definition) is 4. The van der Waals surface area contributed by atoms with Crippen molar-refractivity contribution in [3.05, 3.63) is 23.9 Å². The zero-order valence-electron chi connectivity index (χ0n) is 13.1. The molecular weight excluding hydrogens is 260 g/mol. The van der Waals surface area contributed by atoms with E-state index >= 15 is 0 Å². The van der Waals surface area contributed by atoms with Crippen molar-refractivity contribution in [2.75, 3.05) is 25.0 Å². The molecule has 1 aliphatic carbocycles. The molecule has 1 aliphatic heterocycles. The fourth-order valence-corrected chi connectivity index (χ4v) is 3.53. The first-order chi connectivity index (χ1) is 10.3. The lowest BCUT2D eigenvalue weighted by atomic mass is 10.1. The number of anilines is 1. The minimum Gasteiger partial charge on any atom is -0.356 e. The molecule has 2 N–H and O–H groups in total. The summed E-state index contributed by atoms with van der Waals surface area (Å²) in [6.07, 6.45) is 9.85. The maximum absolute atomic E-state index is 4.57. The van der Waals surface area contributed by atoms with Gasteiger partial charge in [-0.3, -0.25) is 0 Å². The second-order valence-corrected chi connectivity index (χ2v) is 6.43. The number of nitrogens with zero attached hydrogens (tertiary/aromatic N) is 2. The highest BCUT2D eigenvalue weighted by Gasteiger charge is 2.19. The van der Waals surface area contributed by atoms with Gasteiger partial charge in [0.1, 0.15) is 5.82 Å². The van der Waals surface area contributed by atoms with Crippen LogP contribution in [0.4, 0.5) is 5.82 Å². The normalized spacial score (nSPS) is 21.1. The summed E-state index contributed by atoms with van der Waals surface area (Å²) in [4.78, 5) is 6.99. The highest BCUT2D eigenvalue weighted by molar-refractivity contribution is 5.41. The van der Waals surface area contributed by atoms with Crippen LogP contribution in [0.5, 0.6) is 0 Å². The molecule has 1 saturated heterocycles. The van der Waals surface area contributed by atoms with Gasteiger partial charge in [0, 0.05) is 37.9 Å². The minimum atomic E-state index is 0.675. The largest absolute Gasteiger partial charge is 0.356 e. The molecule has 0 spiro atoms. The van der Waals surface area contributed by atoms with E-state index in [0.717, 1.165) is 31.5 Å². The summed E-state index contributed by atoms with van der Waals surface area (Å²) in [7, 11) is 2.06. The number of aromatic nitrogens is 1. The third kappa shape index (κ3) is 3.95. The Balaban J connectivity index is 1.55. The summed E-state index contributed by atoms with van der Waals surface area (Å²) in [5, 5.41) is 7.07. The van der Waals surface area contributed by atoms with Gasteiger partial charge in [0.05, 0.1) is 0 Å². The topological polar surface area (TPSA) is 40.2 Å². The molecule has 0 bridgehead atoms. The van der Waals surface area contributed by atoms with Crippen LogP contribution in [0.15, 0.2) is 18.3 Å². The summed E-state index contributed by atoms with van der Waals surface area (Å²) in [6, 6.07) is 5.81. The first-order valence-corrected chi connectivity index (χ1v) is 8.45. The van der Waals surface area contributed by atoms with E-state index in [2.05, 4.69) is 39.7 Å². The Morgan fingerprint density at radius 1 is 1.14 bits per heavy atom. The third-order valence-corrected chi connectivity index (χ3v) is 4.99. The molecule has 1 aromatic rings. The monoisotopic (exact) mass is 288 g/mol. The number of piperidine rings is 1. The van der Waals surface area contributed by atoms with E-state index in [1.54, 1.807) is 0 Å². The van der Waals surface area contributed by atoms with Crippen molar-refractivity contribution in [2.45, 2.75) is 57.2 Å². The maximum Gasteiger partial charge on any atom is 0.128 e. The quantitative estimate of drug-likeness (QED) is 0.872. The van der Waals surface area contributed by atoms with Gasteiger partial charge in [0.15, 0.2) is 0 Å². The third-order valence-electron chi connectivity index (χ3n) is 4.99. The Bertz CT molecular complexity index is 434. The standard InChI is InChI=1S/C17H28N4/c1-18-15-7-10-21(11-8-15)17-12-14(6-9-19-17)13-20-16-4-2-3-5-16/h6,9,12,15-16,18,20H,2-5,7-8,10-11,13H2,1H3. The van der Waals surface area contributed by atoms with Gasteiger partial charge in [-0.25, -0.2) is 4.98 Å². The van der Waals surface area contributed by atoms with Gasteiger partial charge in [-0.2, -0.15) is 0 Å². The van der Waals surface area contributed by atoms with E-state index in [9.17, 15) is 0 Å². The van der Waals surface area contributed by atoms with Crippen LogP contribution in [0.25, 0.3) is 0 Å². The van der Waals surface area contributed by atoms with E-state index in [-0.39, 0.29) is 0 Å². The molecule has 0 amide bonds. The molecule has 0 aromatic carbocycles. The van der Waals surface area contributed by atoms with Gasteiger partial charge in [0.2, 0.25) is 0 Å².